The lowest BCUT2D eigenvalue weighted by Crippen LogP contribution is -2.39. The molecule has 152 valence electrons. The van der Waals surface area contributed by atoms with Crippen LogP contribution in [-0.2, 0) is 17.8 Å². The Morgan fingerprint density at radius 2 is 1.74 bits per heavy atom. The standard InChI is InChI=1S/C20H32N4O2.HI/c1-20(2,3)26-19(25)23(5)15-17-10-8-16(9-11-17)14-22-18(21-4)24-12-6-7-13-24;/h8-11H,6-7,12-15H2,1-5H3,(H,21,22);1H. The molecule has 1 aliphatic rings. The molecule has 7 heteroatoms. The van der Waals surface area contributed by atoms with Crippen molar-refractivity contribution in [3.8, 4) is 0 Å². The smallest absolute Gasteiger partial charge is 0.410 e. The van der Waals surface area contributed by atoms with Gasteiger partial charge in [-0.1, -0.05) is 24.3 Å². The molecule has 0 atom stereocenters. The number of likely N-dealkylation sites (tertiary alicyclic amines) is 1. The third kappa shape index (κ3) is 7.94. The Labute approximate surface area is 180 Å². The Balaban J connectivity index is 0.00000364. The number of guanidine groups is 1. The van der Waals surface area contributed by atoms with Gasteiger partial charge in [0.25, 0.3) is 0 Å². The summed E-state index contributed by atoms with van der Waals surface area (Å²) in [7, 11) is 3.58. The van der Waals surface area contributed by atoms with Gasteiger partial charge in [0.2, 0.25) is 0 Å². The minimum Gasteiger partial charge on any atom is -0.444 e. The van der Waals surface area contributed by atoms with Crippen molar-refractivity contribution in [2.24, 2.45) is 4.99 Å². The molecule has 0 unspecified atom stereocenters. The summed E-state index contributed by atoms with van der Waals surface area (Å²) < 4.78 is 5.38. The summed E-state index contributed by atoms with van der Waals surface area (Å²) in [6, 6.07) is 8.28. The SMILES string of the molecule is CN=C(NCc1ccc(CN(C)C(=O)OC(C)(C)C)cc1)N1CCCC1.I. The molecule has 1 N–H and O–H groups in total. The maximum Gasteiger partial charge on any atom is 0.410 e. The summed E-state index contributed by atoms with van der Waals surface area (Å²) in [6.45, 7) is 9.04. The van der Waals surface area contributed by atoms with E-state index in [9.17, 15) is 4.79 Å². The average molecular weight is 488 g/mol. The second-order valence-corrected chi connectivity index (χ2v) is 7.75. The van der Waals surface area contributed by atoms with Crippen molar-refractivity contribution in [3.05, 3.63) is 35.4 Å². The number of ether oxygens (including phenoxy) is 1. The highest BCUT2D eigenvalue weighted by molar-refractivity contribution is 14.0. The summed E-state index contributed by atoms with van der Waals surface area (Å²) in [4.78, 5) is 20.3. The topological polar surface area (TPSA) is 57.2 Å². The van der Waals surface area contributed by atoms with Gasteiger partial charge in [-0.3, -0.25) is 4.99 Å². The van der Waals surface area contributed by atoms with Gasteiger partial charge >= 0.3 is 6.09 Å². The molecule has 1 amide bonds. The Morgan fingerprint density at radius 3 is 2.26 bits per heavy atom. The van der Waals surface area contributed by atoms with Crippen molar-refractivity contribution in [2.75, 3.05) is 27.2 Å². The quantitative estimate of drug-likeness (QED) is 0.398. The van der Waals surface area contributed by atoms with Crippen LogP contribution in [0.1, 0.15) is 44.7 Å². The summed E-state index contributed by atoms with van der Waals surface area (Å²) >= 11 is 0. The first kappa shape index (κ1) is 23.5. The van der Waals surface area contributed by atoms with Gasteiger partial charge in [-0.2, -0.15) is 0 Å². The van der Waals surface area contributed by atoms with E-state index in [1.807, 2.05) is 27.8 Å². The molecule has 1 aromatic rings. The molecule has 1 aromatic carbocycles. The number of hydrogen-bond acceptors (Lipinski definition) is 3. The largest absolute Gasteiger partial charge is 0.444 e. The Kier molecular flexibility index (Phi) is 9.35. The van der Waals surface area contributed by atoms with Crippen LogP contribution in [0.2, 0.25) is 0 Å². The van der Waals surface area contributed by atoms with Crippen molar-refractivity contribution < 1.29 is 9.53 Å². The Morgan fingerprint density at radius 1 is 1.19 bits per heavy atom. The number of carbonyl (C=O) groups is 1. The highest BCUT2D eigenvalue weighted by Crippen LogP contribution is 2.12. The molecule has 1 saturated heterocycles. The van der Waals surface area contributed by atoms with Crippen molar-refractivity contribution in [2.45, 2.75) is 52.3 Å². The fraction of sp³-hybridized carbons (Fsp3) is 0.600. The van der Waals surface area contributed by atoms with E-state index < -0.39 is 5.60 Å². The average Bonchev–Trinajstić information content (AvgIpc) is 3.09. The van der Waals surface area contributed by atoms with Crippen LogP contribution in [0.3, 0.4) is 0 Å². The summed E-state index contributed by atoms with van der Waals surface area (Å²) in [5, 5.41) is 3.42. The van der Waals surface area contributed by atoms with E-state index in [1.54, 1.807) is 11.9 Å². The first-order valence-electron chi connectivity index (χ1n) is 9.26. The highest BCUT2D eigenvalue weighted by atomic mass is 127. The molecule has 0 bridgehead atoms. The van der Waals surface area contributed by atoms with Gasteiger partial charge in [0.05, 0.1) is 0 Å². The highest BCUT2D eigenvalue weighted by Gasteiger charge is 2.19. The van der Waals surface area contributed by atoms with Gasteiger partial charge < -0.3 is 19.9 Å². The minimum absolute atomic E-state index is 0. The number of halogens is 1. The normalized spacial score (nSPS) is 14.6. The monoisotopic (exact) mass is 488 g/mol. The number of nitrogens with one attached hydrogen (secondary N) is 1. The van der Waals surface area contributed by atoms with E-state index >= 15 is 0 Å². The number of hydrogen-bond donors (Lipinski definition) is 1. The summed E-state index contributed by atoms with van der Waals surface area (Å²) in [5.41, 5.74) is 1.79. The van der Waals surface area contributed by atoms with Crippen molar-refractivity contribution in [1.82, 2.24) is 15.1 Å². The fourth-order valence-electron chi connectivity index (χ4n) is 2.88. The molecule has 0 aromatic heterocycles. The van der Waals surface area contributed by atoms with Crippen LogP contribution >= 0.6 is 24.0 Å². The van der Waals surface area contributed by atoms with E-state index in [4.69, 9.17) is 4.74 Å². The summed E-state index contributed by atoms with van der Waals surface area (Å²) in [5.74, 6) is 0.969. The number of benzene rings is 1. The molecule has 1 fully saturated rings. The third-order valence-electron chi connectivity index (χ3n) is 4.22. The van der Waals surface area contributed by atoms with Gasteiger partial charge in [-0.25, -0.2) is 4.79 Å². The Hall–Kier alpha value is -1.51. The first-order chi connectivity index (χ1) is 12.3. The predicted octanol–water partition coefficient (Wildman–Crippen LogP) is 3.84. The van der Waals surface area contributed by atoms with Crippen molar-refractivity contribution in [1.29, 1.82) is 0 Å². The minimum atomic E-state index is -0.477. The second-order valence-electron chi connectivity index (χ2n) is 7.75. The fourth-order valence-corrected chi connectivity index (χ4v) is 2.88. The van der Waals surface area contributed by atoms with Crippen LogP contribution in [0.5, 0.6) is 0 Å². The lowest BCUT2D eigenvalue weighted by Gasteiger charge is -2.24. The molecule has 1 heterocycles. The molecular weight excluding hydrogens is 455 g/mol. The van der Waals surface area contributed by atoms with Crippen molar-refractivity contribution in [3.63, 3.8) is 0 Å². The van der Waals surface area contributed by atoms with Gasteiger partial charge in [0, 0.05) is 40.3 Å². The predicted molar refractivity (Wildman–Crippen MR) is 121 cm³/mol. The van der Waals surface area contributed by atoms with E-state index in [0.717, 1.165) is 31.2 Å². The molecule has 0 radical (unpaired) electrons. The lowest BCUT2D eigenvalue weighted by molar-refractivity contribution is 0.0285. The number of nitrogens with zero attached hydrogens (tertiary/aromatic N) is 3. The van der Waals surface area contributed by atoms with Gasteiger partial charge in [0.1, 0.15) is 5.60 Å². The number of amides is 1. The molecule has 0 aliphatic carbocycles. The molecule has 0 saturated carbocycles. The molecule has 6 nitrogen and oxygen atoms in total. The van der Waals surface area contributed by atoms with Gasteiger partial charge in [0.15, 0.2) is 5.96 Å². The van der Waals surface area contributed by atoms with Crippen molar-refractivity contribution >= 4 is 36.0 Å². The zero-order valence-corrected chi connectivity index (χ0v) is 19.4. The van der Waals surface area contributed by atoms with Crippen LogP contribution in [0.4, 0.5) is 4.79 Å². The lowest BCUT2D eigenvalue weighted by atomic mass is 10.1. The molecule has 2 rings (SSSR count). The maximum atomic E-state index is 12.0. The van der Waals surface area contributed by atoms with Gasteiger partial charge in [-0.05, 0) is 44.7 Å². The first-order valence-corrected chi connectivity index (χ1v) is 9.26. The zero-order chi connectivity index (χ0) is 19.2. The number of aliphatic imine (C=N–C) groups is 1. The molecular formula is C20H33IN4O2. The third-order valence-corrected chi connectivity index (χ3v) is 4.22. The zero-order valence-electron chi connectivity index (χ0n) is 17.1. The molecule has 0 spiro atoms. The van der Waals surface area contributed by atoms with E-state index in [0.29, 0.717) is 6.54 Å². The van der Waals surface area contributed by atoms with Crippen LogP contribution in [-0.4, -0.2) is 54.6 Å². The number of carbonyl (C=O) groups excluding carboxylic acids is 1. The maximum absolute atomic E-state index is 12.0. The van der Waals surface area contributed by atoms with Gasteiger partial charge in [-0.15, -0.1) is 24.0 Å². The van der Waals surface area contributed by atoms with Crippen LogP contribution in [0.15, 0.2) is 29.3 Å². The number of rotatable bonds is 4. The van der Waals surface area contributed by atoms with Crippen LogP contribution in [0.25, 0.3) is 0 Å². The summed E-state index contributed by atoms with van der Waals surface area (Å²) in [6.07, 6.45) is 2.17. The van der Waals surface area contributed by atoms with Crippen LogP contribution < -0.4 is 5.32 Å². The van der Waals surface area contributed by atoms with E-state index in [2.05, 4.69) is 39.5 Å². The molecule has 27 heavy (non-hydrogen) atoms. The van der Waals surface area contributed by atoms with E-state index in [1.165, 1.54) is 18.4 Å². The Bertz CT molecular complexity index is 620. The second kappa shape index (κ2) is 10.7. The molecule has 1 aliphatic heterocycles. The van der Waals surface area contributed by atoms with Crippen LogP contribution in [0, 0.1) is 0 Å². The van der Waals surface area contributed by atoms with E-state index in [-0.39, 0.29) is 30.1 Å².